The molecule has 0 aromatic heterocycles. The molecule has 0 aromatic rings. The molecule has 1 saturated heterocycles. The first-order valence-electron chi connectivity index (χ1n) is 5.05. The minimum Gasteiger partial charge on any atom is -0.387 e. The van der Waals surface area contributed by atoms with E-state index in [2.05, 4.69) is 11.0 Å². The summed E-state index contributed by atoms with van der Waals surface area (Å²) in [7, 11) is 0. The first-order chi connectivity index (χ1) is 6.19. The summed E-state index contributed by atoms with van der Waals surface area (Å²) in [6.07, 6.45) is 3.21. The van der Waals surface area contributed by atoms with E-state index in [0.717, 1.165) is 6.42 Å². The van der Waals surface area contributed by atoms with Crippen LogP contribution in [0.4, 0.5) is 0 Å². The van der Waals surface area contributed by atoms with Gasteiger partial charge in [-0.3, -0.25) is 4.90 Å². The second kappa shape index (κ2) is 2.97. The fraction of sp³-hybridized carbons (Fsp3) is 0.900. The highest BCUT2D eigenvalue weighted by Gasteiger charge is 2.53. The van der Waals surface area contributed by atoms with Crippen molar-refractivity contribution in [3.05, 3.63) is 0 Å². The first-order valence-corrected chi connectivity index (χ1v) is 5.05. The molecule has 13 heavy (non-hydrogen) atoms. The van der Waals surface area contributed by atoms with E-state index in [1.807, 2.05) is 6.92 Å². The maximum Gasteiger partial charge on any atom is 0.0977 e. The Labute approximate surface area is 79.0 Å². The Morgan fingerprint density at radius 1 is 1.62 bits per heavy atom. The van der Waals surface area contributed by atoms with Gasteiger partial charge in [-0.1, -0.05) is 6.92 Å². The predicted molar refractivity (Wildman–Crippen MR) is 48.9 cm³/mol. The lowest BCUT2D eigenvalue weighted by Gasteiger charge is -2.48. The van der Waals surface area contributed by atoms with Gasteiger partial charge < -0.3 is 5.11 Å². The third-order valence-electron chi connectivity index (χ3n) is 3.27. The van der Waals surface area contributed by atoms with Crippen LogP contribution >= 0.6 is 0 Å². The second-order valence-corrected chi connectivity index (χ2v) is 4.34. The van der Waals surface area contributed by atoms with Gasteiger partial charge in [-0.05, 0) is 25.2 Å². The highest BCUT2D eigenvalue weighted by molar-refractivity contribution is 5.09. The second-order valence-electron chi connectivity index (χ2n) is 4.34. The van der Waals surface area contributed by atoms with Gasteiger partial charge in [-0.15, -0.1) is 0 Å². The Hall–Kier alpha value is -0.590. The molecule has 0 spiro atoms. The summed E-state index contributed by atoms with van der Waals surface area (Å²) in [6, 6.07) is 2.28. The van der Waals surface area contributed by atoms with Crippen LogP contribution in [0.2, 0.25) is 0 Å². The summed E-state index contributed by atoms with van der Waals surface area (Å²) in [6.45, 7) is 3.44. The molecule has 0 aromatic carbocycles. The smallest absolute Gasteiger partial charge is 0.0977 e. The zero-order chi connectivity index (χ0) is 9.47. The summed E-state index contributed by atoms with van der Waals surface area (Å²) in [4.78, 5) is 2.08. The molecular weight excluding hydrogens is 164 g/mol. The molecule has 1 saturated carbocycles. The maximum atomic E-state index is 10.0. The molecule has 1 aliphatic heterocycles. The molecule has 72 valence electrons. The van der Waals surface area contributed by atoms with Gasteiger partial charge in [0.1, 0.15) is 0 Å². The molecule has 1 atom stereocenters. The highest BCUT2D eigenvalue weighted by atomic mass is 16.3. The van der Waals surface area contributed by atoms with Crippen LogP contribution in [0.5, 0.6) is 0 Å². The van der Waals surface area contributed by atoms with Crippen LogP contribution < -0.4 is 0 Å². The van der Waals surface area contributed by atoms with Crippen molar-refractivity contribution >= 4 is 0 Å². The number of nitriles is 1. The molecule has 2 fully saturated rings. The van der Waals surface area contributed by atoms with E-state index in [4.69, 9.17) is 5.26 Å². The Balaban J connectivity index is 1.86. The van der Waals surface area contributed by atoms with Gasteiger partial charge in [-0.25, -0.2) is 0 Å². The van der Waals surface area contributed by atoms with Crippen molar-refractivity contribution in [3.63, 3.8) is 0 Å². The number of β-amino-alcohol motifs (C(OH)–C–C–N with tert-alkyl or cyclic N) is 1. The Kier molecular flexibility index (Phi) is 2.05. The summed E-state index contributed by atoms with van der Waals surface area (Å²) in [5.41, 5.74) is -0.440. The van der Waals surface area contributed by atoms with E-state index in [-0.39, 0.29) is 6.04 Å². The molecule has 3 nitrogen and oxygen atoms in total. The van der Waals surface area contributed by atoms with Crippen molar-refractivity contribution in [2.24, 2.45) is 5.92 Å². The van der Waals surface area contributed by atoms with Crippen LogP contribution in [0.25, 0.3) is 0 Å². The lowest BCUT2D eigenvalue weighted by Crippen LogP contribution is -2.65. The van der Waals surface area contributed by atoms with Crippen molar-refractivity contribution in [1.82, 2.24) is 4.90 Å². The van der Waals surface area contributed by atoms with Crippen LogP contribution in [-0.4, -0.2) is 34.7 Å². The van der Waals surface area contributed by atoms with E-state index in [1.54, 1.807) is 0 Å². The van der Waals surface area contributed by atoms with Crippen molar-refractivity contribution in [2.45, 2.75) is 37.8 Å². The number of rotatable bonds is 3. The van der Waals surface area contributed by atoms with Crippen LogP contribution in [0.3, 0.4) is 0 Å². The first kappa shape index (κ1) is 8.98. The number of hydrogen-bond donors (Lipinski definition) is 1. The third kappa shape index (κ3) is 1.45. The molecule has 2 rings (SSSR count). The van der Waals surface area contributed by atoms with Gasteiger partial charge in [0, 0.05) is 13.1 Å². The van der Waals surface area contributed by atoms with Crippen molar-refractivity contribution in [1.29, 1.82) is 5.26 Å². The van der Waals surface area contributed by atoms with Gasteiger partial charge >= 0.3 is 0 Å². The molecule has 0 bridgehead atoms. The molecule has 0 radical (unpaired) electrons. The Morgan fingerprint density at radius 2 is 2.23 bits per heavy atom. The van der Waals surface area contributed by atoms with Crippen molar-refractivity contribution < 1.29 is 5.11 Å². The SMILES string of the molecule is CCC(C#N)N1CC(O)(C2CC2)C1. The zero-order valence-corrected chi connectivity index (χ0v) is 8.03. The lowest BCUT2D eigenvalue weighted by atomic mass is 9.87. The monoisotopic (exact) mass is 180 g/mol. The topological polar surface area (TPSA) is 47.3 Å². The molecule has 2 aliphatic rings. The van der Waals surface area contributed by atoms with Crippen LogP contribution in [-0.2, 0) is 0 Å². The highest BCUT2D eigenvalue weighted by Crippen LogP contribution is 2.45. The van der Waals surface area contributed by atoms with E-state index in [1.165, 1.54) is 12.8 Å². The Bertz CT molecular complexity index is 236. The number of likely N-dealkylation sites (tertiary alicyclic amines) is 1. The molecule has 1 N–H and O–H groups in total. The summed E-state index contributed by atoms with van der Waals surface area (Å²) < 4.78 is 0. The minimum atomic E-state index is -0.440. The largest absolute Gasteiger partial charge is 0.387 e. The third-order valence-corrected chi connectivity index (χ3v) is 3.27. The molecule has 1 heterocycles. The van der Waals surface area contributed by atoms with Gasteiger partial charge in [0.05, 0.1) is 17.7 Å². The molecule has 1 aliphatic carbocycles. The fourth-order valence-corrected chi connectivity index (χ4v) is 2.19. The minimum absolute atomic E-state index is 0.0130. The average Bonchev–Trinajstić information content (AvgIpc) is 2.85. The molecule has 0 amide bonds. The quantitative estimate of drug-likeness (QED) is 0.697. The van der Waals surface area contributed by atoms with Crippen LogP contribution in [0, 0.1) is 17.2 Å². The predicted octanol–water partition coefficient (Wildman–Crippen LogP) is 0.745. The Morgan fingerprint density at radius 3 is 2.62 bits per heavy atom. The summed E-state index contributed by atoms with van der Waals surface area (Å²) in [5.74, 6) is 0.528. The molecular formula is C10H16N2O. The van der Waals surface area contributed by atoms with Gasteiger partial charge in [0.2, 0.25) is 0 Å². The van der Waals surface area contributed by atoms with Gasteiger partial charge in [-0.2, -0.15) is 5.26 Å². The summed E-state index contributed by atoms with van der Waals surface area (Å²) >= 11 is 0. The molecule has 1 unspecified atom stereocenters. The van der Waals surface area contributed by atoms with Gasteiger partial charge in [0.15, 0.2) is 0 Å². The average molecular weight is 180 g/mol. The fourth-order valence-electron chi connectivity index (χ4n) is 2.19. The maximum absolute atomic E-state index is 10.0. The lowest BCUT2D eigenvalue weighted by molar-refractivity contribution is -0.122. The number of hydrogen-bond acceptors (Lipinski definition) is 3. The zero-order valence-electron chi connectivity index (χ0n) is 8.03. The van der Waals surface area contributed by atoms with Gasteiger partial charge in [0.25, 0.3) is 0 Å². The summed E-state index contributed by atoms with van der Waals surface area (Å²) in [5, 5.41) is 18.8. The van der Waals surface area contributed by atoms with E-state index in [0.29, 0.717) is 19.0 Å². The molecule has 3 heteroatoms. The normalized spacial score (nSPS) is 29.0. The van der Waals surface area contributed by atoms with E-state index in [9.17, 15) is 5.11 Å². The number of aliphatic hydroxyl groups is 1. The van der Waals surface area contributed by atoms with Crippen LogP contribution in [0.15, 0.2) is 0 Å². The van der Waals surface area contributed by atoms with Crippen molar-refractivity contribution in [2.75, 3.05) is 13.1 Å². The number of nitrogens with zero attached hydrogens (tertiary/aromatic N) is 2. The van der Waals surface area contributed by atoms with E-state index < -0.39 is 5.60 Å². The van der Waals surface area contributed by atoms with E-state index >= 15 is 0 Å². The van der Waals surface area contributed by atoms with Crippen molar-refractivity contribution in [3.8, 4) is 6.07 Å². The standard InChI is InChI=1S/C10H16N2O/c1-2-9(5-11)12-6-10(13,7-12)8-3-4-8/h8-9,13H,2-4,6-7H2,1H3. The van der Waals surface area contributed by atoms with Crippen LogP contribution in [0.1, 0.15) is 26.2 Å².